The molecule has 0 saturated carbocycles. The number of hydrogen-bond acceptors (Lipinski definition) is 4. The third-order valence-corrected chi connectivity index (χ3v) is 5.67. The van der Waals surface area contributed by atoms with E-state index in [0.717, 1.165) is 24.0 Å². The van der Waals surface area contributed by atoms with Crippen LogP contribution in [0.1, 0.15) is 51.2 Å². The van der Waals surface area contributed by atoms with E-state index in [9.17, 15) is 9.90 Å². The van der Waals surface area contributed by atoms with Gasteiger partial charge in [0.2, 0.25) is 0 Å². The quantitative estimate of drug-likeness (QED) is 0.910. The lowest BCUT2D eigenvalue weighted by Gasteiger charge is -2.56. The summed E-state index contributed by atoms with van der Waals surface area (Å²) >= 11 is 0. The number of benzene rings is 1. The lowest BCUT2D eigenvalue weighted by atomic mass is 9.54. The molecular formula is C20H26O4. The second kappa shape index (κ2) is 5.92. The van der Waals surface area contributed by atoms with E-state index in [1.165, 1.54) is 0 Å². The summed E-state index contributed by atoms with van der Waals surface area (Å²) in [7, 11) is 1.55. The van der Waals surface area contributed by atoms with Gasteiger partial charge in [-0.1, -0.05) is 33.3 Å². The molecule has 0 fully saturated rings. The van der Waals surface area contributed by atoms with E-state index in [2.05, 4.69) is 20.8 Å². The average Bonchev–Trinajstić information content (AvgIpc) is 2.54. The maximum Gasteiger partial charge on any atom is 0.161 e. The Morgan fingerprint density at radius 3 is 2.75 bits per heavy atom. The van der Waals surface area contributed by atoms with Gasteiger partial charge in [0, 0.05) is 17.4 Å². The van der Waals surface area contributed by atoms with Gasteiger partial charge in [-0.05, 0) is 36.1 Å². The molecule has 0 saturated heterocycles. The minimum absolute atomic E-state index is 0.0818. The maximum atomic E-state index is 12.4. The van der Waals surface area contributed by atoms with Crippen LogP contribution in [-0.4, -0.2) is 23.6 Å². The fourth-order valence-electron chi connectivity index (χ4n) is 4.72. The standard InChI is InChI=1S/C20H26O4/c1-5-9-19-11-15(21)8-10-20(19,13(2)3)24-12-14-6-7-16(23-4)18(22)17(14)19/h6-8,10,13,22H,5,9,11-12H2,1-4H3. The SMILES string of the molecule is CCCC12CC(=O)C=CC1(C(C)C)OCc1ccc(OC)c(O)c12. The Balaban J connectivity index is 2.35. The van der Waals surface area contributed by atoms with Gasteiger partial charge >= 0.3 is 0 Å². The van der Waals surface area contributed by atoms with Crippen LogP contribution in [0.25, 0.3) is 0 Å². The smallest absolute Gasteiger partial charge is 0.161 e. The number of rotatable bonds is 4. The van der Waals surface area contributed by atoms with Crippen molar-refractivity contribution < 1.29 is 19.4 Å². The van der Waals surface area contributed by atoms with Gasteiger partial charge in [-0.15, -0.1) is 0 Å². The van der Waals surface area contributed by atoms with Crippen molar-refractivity contribution >= 4 is 5.78 Å². The van der Waals surface area contributed by atoms with Crippen LogP contribution >= 0.6 is 0 Å². The van der Waals surface area contributed by atoms with E-state index in [0.29, 0.717) is 18.8 Å². The molecule has 2 aliphatic rings. The summed E-state index contributed by atoms with van der Waals surface area (Å²) in [5.41, 5.74) is 0.629. The third kappa shape index (κ3) is 2.12. The molecule has 1 aliphatic heterocycles. The molecule has 3 rings (SSSR count). The molecular weight excluding hydrogens is 304 g/mol. The molecule has 0 radical (unpaired) electrons. The number of ketones is 1. The van der Waals surface area contributed by atoms with Gasteiger partial charge in [0.05, 0.1) is 19.3 Å². The topological polar surface area (TPSA) is 55.8 Å². The molecule has 0 bridgehead atoms. The summed E-state index contributed by atoms with van der Waals surface area (Å²) in [6.07, 6.45) is 5.60. The summed E-state index contributed by atoms with van der Waals surface area (Å²) in [5.74, 6) is 0.858. The number of ether oxygens (including phenoxy) is 2. The maximum absolute atomic E-state index is 12.4. The van der Waals surface area contributed by atoms with Crippen molar-refractivity contribution in [2.45, 2.75) is 57.7 Å². The molecule has 24 heavy (non-hydrogen) atoms. The zero-order valence-corrected chi connectivity index (χ0v) is 14.9. The van der Waals surface area contributed by atoms with Gasteiger partial charge in [0.25, 0.3) is 0 Å². The van der Waals surface area contributed by atoms with Gasteiger partial charge in [-0.2, -0.15) is 0 Å². The molecule has 0 aromatic heterocycles. The number of hydrogen-bond donors (Lipinski definition) is 1. The van der Waals surface area contributed by atoms with Crippen molar-refractivity contribution in [2.75, 3.05) is 7.11 Å². The van der Waals surface area contributed by atoms with Crippen LogP contribution in [0.2, 0.25) is 0 Å². The van der Waals surface area contributed by atoms with Gasteiger partial charge < -0.3 is 14.6 Å². The fraction of sp³-hybridized carbons (Fsp3) is 0.550. The number of phenols is 1. The summed E-state index contributed by atoms with van der Waals surface area (Å²) < 4.78 is 11.7. The van der Waals surface area contributed by atoms with Crippen LogP contribution in [0.5, 0.6) is 11.5 Å². The van der Waals surface area contributed by atoms with Crippen LogP contribution in [0.15, 0.2) is 24.3 Å². The highest BCUT2D eigenvalue weighted by atomic mass is 16.5. The first-order valence-corrected chi connectivity index (χ1v) is 8.67. The van der Waals surface area contributed by atoms with Crippen LogP contribution in [0, 0.1) is 5.92 Å². The lowest BCUT2D eigenvalue weighted by molar-refractivity contribution is -0.143. The average molecular weight is 330 g/mol. The fourth-order valence-corrected chi connectivity index (χ4v) is 4.72. The normalized spacial score (nSPS) is 28.6. The molecule has 2 unspecified atom stereocenters. The molecule has 0 spiro atoms. The summed E-state index contributed by atoms with van der Waals surface area (Å²) in [6.45, 7) is 6.77. The Labute approximate surface area is 143 Å². The van der Waals surface area contributed by atoms with Gasteiger partial charge in [-0.25, -0.2) is 0 Å². The van der Waals surface area contributed by atoms with Crippen molar-refractivity contribution in [3.8, 4) is 11.5 Å². The second-order valence-electron chi connectivity index (χ2n) is 7.20. The number of carbonyl (C=O) groups is 1. The van der Waals surface area contributed by atoms with Crippen LogP contribution in [-0.2, 0) is 21.6 Å². The Morgan fingerprint density at radius 1 is 1.38 bits per heavy atom. The first-order valence-electron chi connectivity index (χ1n) is 8.67. The number of methoxy groups -OCH3 is 1. The third-order valence-electron chi connectivity index (χ3n) is 5.67. The molecule has 4 heteroatoms. The van der Waals surface area contributed by atoms with Crippen LogP contribution in [0.4, 0.5) is 0 Å². The Kier molecular flexibility index (Phi) is 4.20. The summed E-state index contributed by atoms with van der Waals surface area (Å²) in [5, 5.41) is 10.9. The highest BCUT2D eigenvalue weighted by Gasteiger charge is 2.59. The molecule has 0 amide bonds. The first-order chi connectivity index (χ1) is 11.4. The Morgan fingerprint density at radius 2 is 2.12 bits per heavy atom. The second-order valence-corrected chi connectivity index (χ2v) is 7.20. The number of carbonyl (C=O) groups excluding carboxylic acids is 1. The number of phenolic OH excluding ortho intramolecular Hbond substituents is 1. The van der Waals surface area contributed by atoms with Crippen molar-refractivity contribution in [1.82, 2.24) is 0 Å². The van der Waals surface area contributed by atoms with Crippen molar-refractivity contribution in [2.24, 2.45) is 5.92 Å². The van der Waals surface area contributed by atoms with Crippen molar-refractivity contribution in [3.63, 3.8) is 0 Å². The summed E-state index contributed by atoms with van der Waals surface area (Å²) in [4.78, 5) is 12.4. The molecule has 2 atom stereocenters. The lowest BCUT2D eigenvalue weighted by Crippen LogP contribution is -2.60. The van der Waals surface area contributed by atoms with E-state index < -0.39 is 11.0 Å². The predicted octanol–water partition coefficient (Wildman–Crippen LogP) is 3.89. The molecule has 1 aromatic carbocycles. The van der Waals surface area contributed by atoms with E-state index in [-0.39, 0.29) is 17.5 Å². The van der Waals surface area contributed by atoms with Crippen molar-refractivity contribution in [3.05, 3.63) is 35.4 Å². The van der Waals surface area contributed by atoms with Crippen LogP contribution < -0.4 is 4.74 Å². The zero-order valence-electron chi connectivity index (χ0n) is 14.9. The minimum atomic E-state index is -0.590. The highest BCUT2D eigenvalue weighted by molar-refractivity contribution is 5.93. The van der Waals surface area contributed by atoms with Gasteiger partial charge in [-0.3, -0.25) is 4.79 Å². The molecule has 1 aromatic rings. The first kappa shape index (κ1) is 17.0. The minimum Gasteiger partial charge on any atom is -0.504 e. The van der Waals surface area contributed by atoms with Crippen molar-refractivity contribution in [1.29, 1.82) is 0 Å². The molecule has 1 N–H and O–H groups in total. The highest BCUT2D eigenvalue weighted by Crippen LogP contribution is 2.58. The van der Waals surface area contributed by atoms with Crippen LogP contribution in [0.3, 0.4) is 0 Å². The Bertz CT molecular complexity index is 691. The van der Waals surface area contributed by atoms with E-state index in [4.69, 9.17) is 9.47 Å². The number of allylic oxidation sites excluding steroid dienone is 1. The molecule has 130 valence electrons. The predicted molar refractivity (Wildman–Crippen MR) is 92.4 cm³/mol. The van der Waals surface area contributed by atoms with Gasteiger partial charge in [0.15, 0.2) is 17.3 Å². The molecule has 1 aliphatic carbocycles. The summed E-state index contributed by atoms with van der Waals surface area (Å²) in [6, 6.07) is 3.71. The van der Waals surface area contributed by atoms with E-state index in [1.54, 1.807) is 19.3 Å². The largest absolute Gasteiger partial charge is 0.504 e. The monoisotopic (exact) mass is 330 g/mol. The molecule has 4 nitrogen and oxygen atoms in total. The Hall–Kier alpha value is -1.81. The van der Waals surface area contributed by atoms with Gasteiger partial charge in [0.1, 0.15) is 0 Å². The molecule has 1 heterocycles. The van der Waals surface area contributed by atoms with E-state index >= 15 is 0 Å². The number of aromatic hydroxyl groups is 1. The zero-order chi connectivity index (χ0) is 17.5. The van der Waals surface area contributed by atoms with E-state index in [1.807, 2.05) is 12.1 Å². The number of fused-ring (bicyclic) bond motifs is 3.